The minimum Gasteiger partial charge on any atom is -0.493 e. The second-order valence-electron chi connectivity index (χ2n) is 7.28. The van der Waals surface area contributed by atoms with Crippen molar-refractivity contribution in [1.29, 1.82) is 0 Å². The lowest BCUT2D eigenvalue weighted by molar-refractivity contribution is 0.346. The zero-order valence-electron chi connectivity index (χ0n) is 17.1. The summed E-state index contributed by atoms with van der Waals surface area (Å²) in [4.78, 5) is 6.61. The van der Waals surface area contributed by atoms with E-state index in [9.17, 15) is 4.21 Å². The van der Waals surface area contributed by atoms with E-state index in [2.05, 4.69) is 21.3 Å². The molecule has 1 aromatic carbocycles. The summed E-state index contributed by atoms with van der Waals surface area (Å²) in [6.07, 6.45) is 0.921. The summed E-state index contributed by atoms with van der Waals surface area (Å²) in [7, 11) is 4.23. The van der Waals surface area contributed by atoms with Crippen molar-refractivity contribution in [3.63, 3.8) is 0 Å². The van der Waals surface area contributed by atoms with Crippen molar-refractivity contribution < 1.29 is 13.7 Å². The molecule has 0 spiro atoms. The van der Waals surface area contributed by atoms with Crippen LogP contribution in [0.5, 0.6) is 11.5 Å². The van der Waals surface area contributed by atoms with Crippen LogP contribution in [0.15, 0.2) is 17.1 Å². The molecule has 1 unspecified atom stereocenters. The Morgan fingerprint density at radius 3 is 2.33 bits per heavy atom. The highest BCUT2D eigenvalue weighted by atomic mass is 127. The van der Waals surface area contributed by atoms with Crippen LogP contribution >= 0.6 is 24.0 Å². The Labute approximate surface area is 182 Å². The zero-order valence-corrected chi connectivity index (χ0v) is 20.3. The molecule has 0 aromatic heterocycles. The van der Waals surface area contributed by atoms with Gasteiger partial charge in [-0.2, -0.15) is 0 Å². The van der Waals surface area contributed by atoms with E-state index >= 15 is 0 Å². The topological polar surface area (TPSA) is 63.2 Å². The van der Waals surface area contributed by atoms with Crippen molar-refractivity contribution in [3.05, 3.63) is 23.3 Å². The predicted octanol–water partition coefficient (Wildman–Crippen LogP) is 2.80. The van der Waals surface area contributed by atoms with E-state index in [1.807, 2.05) is 26.8 Å². The highest BCUT2D eigenvalue weighted by Crippen LogP contribution is 2.33. The van der Waals surface area contributed by atoms with E-state index in [0.29, 0.717) is 12.3 Å². The minimum atomic E-state index is -0.871. The van der Waals surface area contributed by atoms with Crippen LogP contribution in [0.2, 0.25) is 0 Å². The molecule has 0 aliphatic carbocycles. The molecule has 27 heavy (non-hydrogen) atoms. The van der Waals surface area contributed by atoms with Crippen molar-refractivity contribution in [3.8, 4) is 11.5 Å². The fourth-order valence-electron chi connectivity index (χ4n) is 2.96. The molecule has 6 nitrogen and oxygen atoms in total. The molecule has 1 atom stereocenters. The number of ether oxygens (including phenoxy) is 2. The maximum Gasteiger partial charge on any atom is 0.193 e. The third-order valence-corrected chi connectivity index (χ3v) is 6.42. The molecule has 1 aliphatic heterocycles. The van der Waals surface area contributed by atoms with Gasteiger partial charge in [0.15, 0.2) is 17.5 Å². The lowest BCUT2D eigenvalue weighted by Gasteiger charge is -2.32. The van der Waals surface area contributed by atoms with Gasteiger partial charge in [-0.25, -0.2) is 0 Å². The molecular weight excluding hydrogens is 477 g/mol. The number of rotatable bonds is 5. The average Bonchev–Trinajstić information content (AvgIpc) is 2.62. The standard InChI is InChI=1S/C19H31N3O3S.HI/c1-19(2,3)26(23)10-8-21-18(20-4)22-9-7-14-11-16(24-5)17(25-6)12-15(14)13-22;/h11-12H,7-10,13H2,1-6H3,(H,20,21);1H. The van der Waals surface area contributed by atoms with E-state index < -0.39 is 10.8 Å². The first-order valence-corrected chi connectivity index (χ1v) is 10.2. The molecule has 8 heteroatoms. The monoisotopic (exact) mass is 509 g/mol. The minimum absolute atomic E-state index is 0. The Bertz CT molecular complexity index is 690. The Morgan fingerprint density at radius 2 is 1.81 bits per heavy atom. The quantitative estimate of drug-likeness (QED) is 0.376. The number of nitrogens with zero attached hydrogens (tertiary/aromatic N) is 2. The summed E-state index contributed by atoms with van der Waals surface area (Å²) >= 11 is 0. The average molecular weight is 509 g/mol. The summed E-state index contributed by atoms with van der Waals surface area (Å²) in [6, 6.07) is 4.11. The van der Waals surface area contributed by atoms with Gasteiger partial charge in [0.1, 0.15) is 0 Å². The van der Waals surface area contributed by atoms with Gasteiger partial charge in [0.05, 0.1) is 14.2 Å². The Morgan fingerprint density at radius 1 is 1.22 bits per heavy atom. The van der Waals surface area contributed by atoms with Crippen LogP contribution < -0.4 is 14.8 Å². The van der Waals surface area contributed by atoms with Crippen LogP contribution in [-0.2, 0) is 23.8 Å². The maximum atomic E-state index is 12.2. The van der Waals surface area contributed by atoms with Crippen LogP contribution in [0.3, 0.4) is 0 Å². The summed E-state index contributed by atoms with van der Waals surface area (Å²) in [5, 5.41) is 3.35. The van der Waals surface area contributed by atoms with E-state index in [0.717, 1.165) is 37.0 Å². The first kappa shape index (κ1) is 24.0. The fraction of sp³-hybridized carbons (Fsp3) is 0.632. The number of hydrogen-bond acceptors (Lipinski definition) is 4. The third kappa shape index (κ3) is 6.23. The van der Waals surface area contributed by atoms with Crippen LogP contribution in [0.1, 0.15) is 31.9 Å². The van der Waals surface area contributed by atoms with Crippen LogP contribution in [-0.4, -0.2) is 59.9 Å². The number of guanidine groups is 1. The van der Waals surface area contributed by atoms with Gasteiger partial charge in [0.25, 0.3) is 0 Å². The molecule has 0 radical (unpaired) electrons. The molecule has 1 aromatic rings. The summed E-state index contributed by atoms with van der Waals surface area (Å²) in [5.74, 6) is 2.97. The molecular formula is C19H32IN3O3S. The highest BCUT2D eigenvalue weighted by molar-refractivity contribution is 14.0. The molecule has 1 N–H and O–H groups in total. The summed E-state index contributed by atoms with van der Waals surface area (Å²) in [5.41, 5.74) is 2.50. The number of benzene rings is 1. The van der Waals surface area contributed by atoms with Gasteiger partial charge in [-0.15, -0.1) is 24.0 Å². The van der Waals surface area contributed by atoms with Crippen molar-refractivity contribution in [2.75, 3.05) is 40.1 Å². The number of aliphatic imine (C=N–C) groups is 1. The maximum absolute atomic E-state index is 12.2. The molecule has 0 amide bonds. The lowest BCUT2D eigenvalue weighted by Crippen LogP contribution is -2.45. The van der Waals surface area contributed by atoms with Gasteiger partial charge in [-0.3, -0.25) is 9.20 Å². The smallest absolute Gasteiger partial charge is 0.193 e. The van der Waals surface area contributed by atoms with Crippen LogP contribution in [0.25, 0.3) is 0 Å². The second kappa shape index (κ2) is 10.5. The summed E-state index contributed by atoms with van der Waals surface area (Å²) in [6.45, 7) is 8.29. The van der Waals surface area contributed by atoms with E-state index in [4.69, 9.17) is 9.47 Å². The van der Waals surface area contributed by atoms with E-state index in [-0.39, 0.29) is 28.7 Å². The number of hydrogen-bond donors (Lipinski definition) is 1. The predicted molar refractivity (Wildman–Crippen MR) is 123 cm³/mol. The van der Waals surface area contributed by atoms with Crippen molar-refractivity contribution in [1.82, 2.24) is 10.2 Å². The first-order valence-electron chi connectivity index (χ1n) is 8.88. The van der Waals surface area contributed by atoms with Crippen molar-refractivity contribution in [2.45, 2.75) is 38.5 Å². The molecule has 0 bridgehead atoms. The molecule has 2 rings (SSSR count). The molecule has 1 heterocycles. The largest absolute Gasteiger partial charge is 0.493 e. The SMILES string of the molecule is CN=C(NCCS(=O)C(C)(C)C)N1CCc2cc(OC)c(OC)cc2C1.I. The molecule has 0 saturated heterocycles. The highest BCUT2D eigenvalue weighted by Gasteiger charge is 2.22. The number of methoxy groups -OCH3 is 2. The Balaban J connectivity index is 0.00000364. The normalized spacial score (nSPS) is 15.5. The number of halogens is 1. The summed E-state index contributed by atoms with van der Waals surface area (Å²) < 4.78 is 22.8. The van der Waals surface area contributed by atoms with Gasteiger partial charge >= 0.3 is 0 Å². The Kier molecular flexibility index (Phi) is 9.33. The van der Waals surface area contributed by atoms with Crippen LogP contribution in [0, 0.1) is 0 Å². The van der Waals surface area contributed by atoms with E-state index in [1.165, 1.54) is 11.1 Å². The van der Waals surface area contributed by atoms with Gasteiger partial charge in [-0.1, -0.05) is 0 Å². The molecule has 1 aliphatic rings. The first-order chi connectivity index (χ1) is 12.3. The van der Waals surface area contributed by atoms with E-state index in [1.54, 1.807) is 21.3 Å². The molecule has 0 saturated carbocycles. The van der Waals surface area contributed by atoms with Gasteiger partial charge in [0, 0.05) is 48.0 Å². The lowest BCUT2D eigenvalue weighted by atomic mass is 9.99. The van der Waals surface area contributed by atoms with Crippen molar-refractivity contribution in [2.24, 2.45) is 4.99 Å². The van der Waals surface area contributed by atoms with Crippen molar-refractivity contribution >= 4 is 40.7 Å². The zero-order chi connectivity index (χ0) is 19.3. The third-order valence-electron chi connectivity index (χ3n) is 4.48. The van der Waals surface area contributed by atoms with Gasteiger partial charge < -0.3 is 19.7 Å². The van der Waals surface area contributed by atoms with Crippen LogP contribution in [0.4, 0.5) is 0 Å². The fourth-order valence-corrected chi connectivity index (χ4v) is 3.86. The second-order valence-corrected chi connectivity index (χ2v) is 9.61. The number of fused-ring (bicyclic) bond motifs is 1. The number of nitrogens with one attached hydrogen (secondary N) is 1. The molecule has 154 valence electrons. The van der Waals surface area contributed by atoms with Gasteiger partial charge in [0.2, 0.25) is 0 Å². The molecule has 0 fully saturated rings. The van der Waals surface area contributed by atoms with Gasteiger partial charge in [-0.05, 0) is 50.5 Å². The Hall–Kier alpha value is -1.03.